The van der Waals surface area contributed by atoms with Crippen molar-refractivity contribution in [1.29, 1.82) is 0 Å². The minimum absolute atomic E-state index is 0.111. The second-order valence-corrected chi connectivity index (χ2v) is 7.30. The molecule has 0 aliphatic heterocycles. The Hall–Kier alpha value is -2.40. The van der Waals surface area contributed by atoms with Gasteiger partial charge in [0.05, 0.1) is 23.3 Å². The number of rotatable bonds is 6. The average molecular weight is 417 g/mol. The number of carbonyl (C=O) groups excluding carboxylic acids is 1. The Balaban J connectivity index is 1.81. The second-order valence-electron chi connectivity index (χ2n) is 6.45. The van der Waals surface area contributed by atoms with Crippen LogP contribution in [0.5, 0.6) is 0 Å². The van der Waals surface area contributed by atoms with Gasteiger partial charge in [-0.2, -0.15) is 0 Å². The molecule has 0 saturated heterocycles. The summed E-state index contributed by atoms with van der Waals surface area (Å²) in [4.78, 5) is 14.5. The molecule has 144 valence electrons. The molecule has 0 radical (unpaired) electrons. The van der Waals surface area contributed by atoms with Gasteiger partial charge in [-0.1, -0.05) is 65.7 Å². The lowest BCUT2D eigenvalue weighted by Gasteiger charge is -2.28. The first-order valence-corrected chi connectivity index (χ1v) is 9.45. The van der Waals surface area contributed by atoms with E-state index >= 15 is 0 Å². The van der Waals surface area contributed by atoms with Crippen molar-refractivity contribution in [3.8, 4) is 0 Å². The highest BCUT2D eigenvalue weighted by Crippen LogP contribution is 2.28. The third-order valence-corrected chi connectivity index (χ3v) is 4.90. The van der Waals surface area contributed by atoms with Gasteiger partial charge >= 0.3 is 0 Å². The number of hydrogen-bond acceptors (Lipinski definition) is 2. The van der Waals surface area contributed by atoms with Crippen LogP contribution < -0.4 is 5.32 Å². The molecule has 0 aliphatic rings. The fourth-order valence-corrected chi connectivity index (χ4v) is 3.42. The molecule has 0 bridgehead atoms. The van der Waals surface area contributed by atoms with E-state index < -0.39 is 0 Å². The normalized spacial score (nSPS) is 12.0. The topological polar surface area (TPSA) is 32.3 Å². The molecule has 6 heteroatoms. The number of halogens is 3. The third kappa shape index (κ3) is 5.10. The van der Waals surface area contributed by atoms with Crippen molar-refractivity contribution in [2.75, 3.05) is 18.9 Å². The van der Waals surface area contributed by atoms with Crippen molar-refractivity contribution in [2.24, 2.45) is 0 Å². The zero-order valence-corrected chi connectivity index (χ0v) is 16.7. The van der Waals surface area contributed by atoms with Gasteiger partial charge < -0.3 is 5.32 Å². The summed E-state index contributed by atoms with van der Waals surface area (Å²) in [6.45, 7) is 0.111. The van der Waals surface area contributed by atoms with Crippen LogP contribution in [0.15, 0.2) is 72.8 Å². The van der Waals surface area contributed by atoms with Crippen molar-refractivity contribution in [2.45, 2.75) is 6.04 Å². The van der Waals surface area contributed by atoms with E-state index in [1.165, 1.54) is 12.1 Å². The van der Waals surface area contributed by atoms with Gasteiger partial charge in [0.1, 0.15) is 5.82 Å². The number of nitrogens with one attached hydrogen (secondary N) is 1. The molecule has 3 aromatic carbocycles. The Bertz CT molecular complexity index is 949. The highest BCUT2D eigenvalue weighted by atomic mass is 35.5. The van der Waals surface area contributed by atoms with Crippen molar-refractivity contribution in [3.05, 3.63) is 99.8 Å². The average Bonchev–Trinajstić information content (AvgIpc) is 2.67. The van der Waals surface area contributed by atoms with E-state index in [0.29, 0.717) is 15.7 Å². The van der Waals surface area contributed by atoms with E-state index in [9.17, 15) is 9.18 Å². The number of benzene rings is 3. The molecule has 0 fully saturated rings. The molecule has 0 heterocycles. The molecule has 3 rings (SSSR count). The van der Waals surface area contributed by atoms with E-state index in [-0.39, 0.29) is 24.3 Å². The molecule has 1 N–H and O–H groups in total. The standard InChI is InChI=1S/C22H19Cl2FN2O/c1-27(14-21(28)26-20-13-17(23)9-12-19(20)24)22(15-5-3-2-4-6-15)16-7-10-18(25)11-8-16/h2-13,22H,14H2,1H3,(H,26,28). The maximum atomic E-state index is 13.4. The van der Waals surface area contributed by atoms with Crippen LogP contribution in [0.1, 0.15) is 17.2 Å². The number of hydrogen-bond donors (Lipinski definition) is 1. The van der Waals surface area contributed by atoms with Crippen molar-refractivity contribution >= 4 is 34.8 Å². The van der Waals surface area contributed by atoms with E-state index in [0.717, 1.165) is 11.1 Å². The highest BCUT2D eigenvalue weighted by molar-refractivity contribution is 6.35. The molecular formula is C22H19Cl2FN2O. The molecule has 1 atom stereocenters. The van der Waals surface area contributed by atoms with E-state index in [2.05, 4.69) is 5.32 Å². The smallest absolute Gasteiger partial charge is 0.238 e. The van der Waals surface area contributed by atoms with Crippen LogP contribution in [0.3, 0.4) is 0 Å². The maximum absolute atomic E-state index is 13.4. The van der Waals surface area contributed by atoms with Crippen LogP contribution in [0.25, 0.3) is 0 Å². The molecule has 28 heavy (non-hydrogen) atoms. The number of amides is 1. The van der Waals surface area contributed by atoms with Gasteiger partial charge in [0.2, 0.25) is 5.91 Å². The van der Waals surface area contributed by atoms with Crippen LogP contribution >= 0.6 is 23.2 Å². The lowest BCUT2D eigenvalue weighted by molar-refractivity contribution is -0.117. The van der Waals surface area contributed by atoms with Gasteiger partial charge in [0.25, 0.3) is 0 Å². The summed E-state index contributed by atoms with van der Waals surface area (Å²) in [5.74, 6) is -0.527. The lowest BCUT2D eigenvalue weighted by atomic mass is 9.97. The number of carbonyl (C=O) groups is 1. The zero-order valence-electron chi connectivity index (χ0n) is 15.2. The maximum Gasteiger partial charge on any atom is 0.238 e. The molecule has 0 aromatic heterocycles. The molecule has 0 aliphatic carbocycles. The molecular weight excluding hydrogens is 398 g/mol. The fraction of sp³-hybridized carbons (Fsp3) is 0.136. The number of nitrogens with zero attached hydrogens (tertiary/aromatic N) is 1. The van der Waals surface area contributed by atoms with Gasteiger partial charge in [-0.05, 0) is 48.5 Å². The van der Waals surface area contributed by atoms with Gasteiger partial charge in [-0.25, -0.2) is 4.39 Å². The Morgan fingerprint density at radius 3 is 2.32 bits per heavy atom. The van der Waals surface area contributed by atoms with E-state index in [1.54, 1.807) is 30.3 Å². The highest BCUT2D eigenvalue weighted by Gasteiger charge is 2.21. The Kier molecular flexibility index (Phi) is 6.68. The van der Waals surface area contributed by atoms with Crippen LogP contribution in [0, 0.1) is 5.82 Å². The predicted octanol–water partition coefficient (Wildman–Crippen LogP) is 5.79. The predicted molar refractivity (Wildman–Crippen MR) is 112 cm³/mol. The minimum atomic E-state index is -0.299. The van der Waals surface area contributed by atoms with Crippen LogP contribution in [0.4, 0.5) is 10.1 Å². The summed E-state index contributed by atoms with van der Waals surface area (Å²) in [7, 11) is 1.85. The molecule has 0 saturated carbocycles. The van der Waals surface area contributed by atoms with E-state index in [1.807, 2.05) is 42.3 Å². The Morgan fingerprint density at radius 2 is 1.64 bits per heavy atom. The first-order valence-electron chi connectivity index (χ1n) is 8.69. The quantitative estimate of drug-likeness (QED) is 0.551. The summed E-state index contributed by atoms with van der Waals surface area (Å²) in [6, 6.07) is 20.8. The third-order valence-electron chi connectivity index (χ3n) is 4.34. The summed E-state index contributed by atoms with van der Waals surface area (Å²) < 4.78 is 13.4. The largest absolute Gasteiger partial charge is 0.324 e. The van der Waals surface area contributed by atoms with Crippen molar-refractivity contribution < 1.29 is 9.18 Å². The molecule has 3 aromatic rings. The minimum Gasteiger partial charge on any atom is -0.324 e. The van der Waals surface area contributed by atoms with Gasteiger partial charge in [0.15, 0.2) is 0 Å². The second kappa shape index (κ2) is 9.20. The van der Waals surface area contributed by atoms with Crippen LogP contribution in [-0.2, 0) is 4.79 Å². The van der Waals surface area contributed by atoms with Crippen molar-refractivity contribution in [3.63, 3.8) is 0 Å². The number of likely N-dealkylation sites (N-methyl/N-ethyl adjacent to an activating group) is 1. The molecule has 1 unspecified atom stereocenters. The van der Waals surface area contributed by atoms with Gasteiger partial charge in [-0.15, -0.1) is 0 Å². The molecule has 1 amide bonds. The lowest BCUT2D eigenvalue weighted by Crippen LogP contribution is -2.34. The summed E-state index contributed by atoms with van der Waals surface area (Å²) >= 11 is 12.1. The fourth-order valence-electron chi connectivity index (χ4n) is 3.08. The summed E-state index contributed by atoms with van der Waals surface area (Å²) in [5.41, 5.74) is 2.36. The van der Waals surface area contributed by atoms with Crippen LogP contribution in [-0.4, -0.2) is 24.4 Å². The van der Waals surface area contributed by atoms with Gasteiger partial charge in [-0.3, -0.25) is 9.69 Å². The molecule has 0 spiro atoms. The van der Waals surface area contributed by atoms with Crippen LogP contribution in [0.2, 0.25) is 10.0 Å². The summed E-state index contributed by atoms with van der Waals surface area (Å²) in [5, 5.41) is 3.69. The first-order chi connectivity index (χ1) is 13.4. The van der Waals surface area contributed by atoms with Crippen molar-refractivity contribution in [1.82, 2.24) is 4.90 Å². The van der Waals surface area contributed by atoms with E-state index in [4.69, 9.17) is 23.2 Å². The molecule has 3 nitrogen and oxygen atoms in total. The zero-order chi connectivity index (χ0) is 20.1. The first kappa shape index (κ1) is 20.3. The SMILES string of the molecule is CN(CC(=O)Nc1cc(Cl)ccc1Cl)C(c1ccccc1)c1ccc(F)cc1. The Morgan fingerprint density at radius 1 is 1.00 bits per heavy atom. The van der Waals surface area contributed by atoms with Gasteiger partial charge in [0, 0.05) is 5.02 Å². The monoisotopic (exact) mass is 416 g/mol. The number of anilines is 1. The Labute approximate surface area is 173 Å². The summed E-state index contributed by atoms with van der Waals surface area (Å²) in [6.07, 6.45) is 0.